The van der Waals surface area contributed by atoms with Gasteiger partial charge in [-0.1, -0.05) is 0 Å². The first-order valence-electron chi connectivity index (χ1n) is 15.4. The molecule has 0 spiro atoms. The minimum absolute atomic E-state index is 0. The molecule has 0 saturated carbocycles. The van der Waals surface area contributed by atoms with Crippen LogP contribution in [0.2, 0.25) is 36.3 Å². The maximum atomic E-state index is 2.56. The predicted molar refractivity (Wildman–Crippen MR) is 168 cm³/mol. The zero-order valence-electron chi connectivity index (χ0n) is 24.2. The van der Waals surface area contributed by atoms with Gasteiger partial charge in [-0.3, -0.25) is 0 Å². The largest absolute Gasteiger partial charge is 1.00 e. The molecular formula is C36H38Cl2Si2Ti. The molecule has 5 heteroatoms. The van der Waals surface area contributed by atoms with Gasteiger partial charge in [0.25, 0.3) is 0 Å². The second-order valence-corrected chi connectivity index (χ2v) is 24.9. The number of halogens is 2. The Hall–Kier alpha value is -1.39. The normalized spacial score (nSPS) is 21.4. The molecule has 2 saturated heterocycles. The fourth-order valence-electron chi connectivity index (χ4n) is 9.11. The summed E-state index contributed by atoms with van der Waals surface area (Å²) in [6, 6.07) is 42.8. The van der Waals surface area contributed by atoms with Crippen molar-refractivity contribution in [3.63, 3.8) is 0 Å². The van der Waals surface area contributed by atoms with Gasteiger partial charge in [-0.05, 0) is 0 Å². The smallest absolute Gasteiger partial charge is 1.00 e. The maximum absolute atomic E-state index is 2.56. The minimum atomic E-state index is -1.33. The number of hydrogen-bond donors (Lipinski definition) is 0. The summed E-state index contributed by atoms with van der Waals surface area (Å²) >= 11 is -0.453. The molecule has 0 N–H and O–H groups in total. The molecule has 2 heterocycles. The van der Waals surface area contributed by atoms with E-state index in [2.05, 4.69) is 98.8 Å². The Morgan fingerprint density at radius 3 is 1.29 bits per heavy atom. The monoisotopic (exact) mass is 644 g/mol. The van der Waals surface area contributed by atoms with E-state index in [9.17, 15) is 0 Å². The van der Waals surface area contributed by atoms with Gasteiger partial charge in [-0.15, -0.1) is 0 Å². The zero-order chi connectivity index (χ0) is 26.2. The van der Waals surface area contributed by atoms with Crippen LogP contribution >= 0.6 is 0 Å². The van der Waals surface area contributed by atoms with Crippen LogP contribution in [0.15, 0.2) is 84.9 Å². The summed E-state index contributed by atoms with van der Waals surface area (Å²) in [6.45, 7) is 5.04. The molecule has 0 bridgehead atoms. The minimum Gasteiger partial charge on any atom is -1.00 e. The van der Waals surface area contributed by atoms with E-state index >= 15 is 0 Å². The van der Waals surface area contributed by atoms with Gasteiger partial charge in [0.15, 0.2) is 0 Å². The first-order chi connectivity index (χ1) is 19.2. The summed E-state index contributed by atoms with van der Waals surface area (Å²) in [5.74, 6) is 0. The molecule has 0 radical (unpaired) electrons. The van der Waals surface area contributed by atoms with Crippen LogP contribution in [0.5, 0.6) is 0 Å². The van der Waals surface area contributed by atoms with Gasteiger partial charge in [0.05, 0.1) is 0 Å². The van der Waals surface area contributed by atoms with E-state index in [4.69, 9.17) is 0 Å². The van der Waals surface area contributed by atoms with Crippen LogP contribution in [-0.4, -0.2) is 16.1 Å². The Kier molecular flexibility index (Phi) is 8.16. The van der Waals surface area contributed by atoms with Crippen molar-refractivity contribution in [1.29, 1.82) is 0 Å². The van der Waals surface area contributed by atoms with E-state index in [0.29, 0.717) is 0 Å². The van der Waals surface area contributed by atoms with Gasteiger partial charge in [0.1, 0.15) is 0 Å². The number of hydrogen-bond acceptors (Lipinski definition) is 0. The Morgan fingerprint density at radius 1 is 0.537 bits per heavy atom. The third-order valence-electron chi connectivity index (χ3n) is 11.5. The molecule has 2 unspecified atom stereocenters. The second-order valence-electron chi connectivity index (χ2n) is 12.8. The fraction of sp³-hybridized carbons (Fsp3) is 0.333. The SMILES string of the molecule is CC[Si]1(C2c3ccccc3-c3ccc[c]([Ti+2][c]4cccc5c4C([Si]4(CC)CCC4)c4ccccc4-5)c32)CCC1.[Cl-].[Cl-]. The standard InChI is InChI=1S/2C18H19Si.2ClH.Ti/c2*1-2-19(12-7-13-19)18-16-10-5-3-8-14(16)15-9-4-6-11-17(15)18;;;/h2*3-6,8-10,18H,2,7,12-13H2,1H3;2*1H;/q;;;;+2/p-2. The van der Waals surface area contributed by atoms with Gasteiger partial charge >= 0.3 is 247 Å². The van der Waals surface area contributed by atoms with Crippen molar-refractivity contribution in [2.75, 3.05) is 0 Å². The number of fused-ring (bicyclic) bond motifs is 6. The summed E-state index contributed by atoms with van der Waals surface area (Å²) in [7, 11) is -2.65. The summed E-state index contributed by atoms with van der Waals surface area (Å²) in [5, 5.41) is 0. The molecule has 4 aliphatic rings. The van der Waals surface area contributed by atoms with Crippen LogP contribution < -0.4 is 32.6 Å². The van der Waals surface area contributed by atoms with Crippen LogP contribution in [0.4, 0.5) is 0 Å². The van der Waals surface area contributed by atoms with Crippen molar-refractivity contribution in [3.05, 3.63) is 107 Å². The molecule has 2 aliphatic carbocycles. The molecule has 2 atom stereocenters. The molecular weight excluding hydrogens is 607 g/mol. The van der Waals surface area contributed by atoms with E-state index < -0.39 is 35.3 Å². The molecule has 0 aromatic heterocycles. The van der Waals surface area contributed by atoms with Crippen molar-refractivity contribution < 1.29 is 44.0 Å². The second kappa shape index (κ2) is 11.3. The Bertz CT molecular complexity index is 1480. The Labute approximate surface area is 269 Å². The Balaban J connectivity index is 0.00000151. The van der Waals surface area contributed by atoms with Crippen LogP contribution in [0.3, 0.4) is 0 Å². The predicted octanol–water partition coefficient (Wildman–Crippen LogP) is 2.78. The molecule has 4 aromatic carbocycles. The van der Waals surface area contributed by atoms with Crippen LogP contribution in [0, 0.1) is 0 Å². The molecule has 2 fully saturated rings. The number of benzene rings is 4. The van der Waals surface area contributed by atoms with Gasteiger partial charge in [-0.2, -0.15) is 0 Å². The van der Waals surface area contributed by atoms with Crippen molar-refractivity contribution >= 4 is 23.9 Å². The summed E-state index contributed by atoms with van der Waals surface area (Å²) in [5.41, 5.74) is 14.6. The molecule has 8 rings (SSSR count). The Morgan fingerprint density at radius 2 is 0.927 bits per heavy atom. The third kappa shape index (κ3) is 4.23. The summed E-state index contributed by atoms with van der Waals surface area (Å²) in [4.78, 5) is 0. The fourth-order valence-corrected chi connectivity index (χ4v) is 21.4. The van der Waals surface area contributed by atoms with Crippen molar-refractivity contribution in [2.24, 2.45) is 0 Å². The summed E-state index contributed by atoms with van der Waals surface area (Å²) < 4.78 is 3.48. The van der Waals surface area contributed by atoms with Crippen molar-refractivity contribution in [2.45, 2.75) is 74.0 Å². The third-order valence-corrected chi connectivity index (χ3v) is 25.6. The van der Waals surface area contributed by atoms with Gasteiger partial charge in [-0.25, -0.2) is 0 Å². The van der Waals surface area contributed by atoms with E-state index in [-0.39, 0.29) is 24.8 Å². The molecule has 208 valence electrons. The average molecular weight is 646 g/mol. The maximum Gasteiger partial charge on any atom is -1.00 e. The van der Waals surface area contributed by atoms with E-state index in [1.165, 1.54) is 49.1 Å². The van der Waals surface area contributed by atoms with E-state index in [0.717, 1.165) is 11.1 Å². The molecule has 4 aromatic rings. The quantitative estimate of drug-likeness (QED) is 0.283. The zero-order valence-corrected chi connectivity index (χ0v) is 29.2. The van der Waals surface area contributed by atoms with Gasteiger partial charge < -0.3 is 24.8 Å². The first-order valence-corrected chi connectivity index (χ1v) is 22.4. The topological polar surface area (TPSA) is 0 Å². The van der Waals surface area contributed by atoms with E-state index in [1.807, 2.05) is 0 Å². The number of rotatable bonds is 6. The molecule has 2 aliphatic heterocycles. The molecule has 0 amide bonds. The van der Waals surface area contributed by atoms with Crippen LogP contribution in [-0.2, 0) is 19.2 Å². The van der Waals surface area contributed by atoms with Crippen molar-refractivity contribution in [1.82, 2.24) is 0 Å². The van der Waals surface area contributed by atoms with Gasteiger partial charge in [0, 0.05) is 0 Å². The molecule has 41 heavy (non-hydrogen) atoms. The first kappa shape index (κ1) is 29.7. The average Bonchev–Trinajstić information content (AvgIpc) is 3.44. The van der Waals surface area contributed by atoms with Crippen LogP contribution in [0.1, 0.15) is 60.0 Å². The van der Waals surface area contributed by atoms with Crippen LogP contribution in [0.25, 0.3) is 22.3 Å². The van der Waals surface area contributed by atoms with E-state index in [1.54, 1.807) is 52.2 Å². The van der Waals surface area contributed by atoms with Crippen molar-refractivity contribution in [3.8, 4) is 22.3 Å². The van der Waals surface area contributed by atoms with Gasteiger partial charge in [0.2, 0.25) is 0 Å². The summed E-state index contributed by atoms with van der Waals surface area (Å²) in [6.07, 6.45) is 2.92. The molecule has 0 nitrogen and oxygen atoms in total.